The number of aliphatic imine (C=N–C) groups is 1. The molecule has 57 heavy (non-hydrogen) atoms. The molecular weight excluding hydrogens is 695 g/mol. The number of aromatic nitrogens is 2. The highest BCUT2D eigenvalue weighted by Crippen LogP contribution is 2.63. The van der Waals surface area contributed by atoms with Crippen LogP contribution in [-0.2, 0) is 5.41 Å². The molecule has 3 aliphatic heterocycles. The predicted octanol–water partition coefficient (Wildman–Crippen LogP) is 10.8. The Hall–Kier alpha value is -7.24. The van der Waals surface area contributed by atoms with Crippen LogP contribution in [0.2, 0.25) is 0 Å². The molecule has 0 saturated heterocycles. The van der Waals surface area contributed by atoms with Crippen molar-refractivity contribution in [2.24, 2.45) is 4.99 Å². The molecule has 5 heteroatoms. The van der Waals surface area contributed by atoms with Gasteiger partial charge in [-0.1, -0.05) is 115 Å². The molecule has 6 aromatic carbocycles. The Morgan fingerprint density at radius 1 is 0.632 bits per heavy atom. The molecule has 1 N–H and O–H groups in total. The van der Waals surface area contributed by atoms with Crippen LogP contribution in [0.25, 0.3) is 60.9 Å². The molecule has 268 valence electrons. The highest BCUT2D eigenvalue weighted by Gasteiger charge is 2.53. The van der Waals surface area contributed by atoms with E-state index in [1.807, 2.05) is 18.6 Å². The summed E-state index contributed by atoms with van der Waals surface area (Å²) in [5.74, 6) is 0. The number of rotatable bonds is 3. The first-order valence-electron chi connectivity index (χ1n) is 19.9. The second-order valence-electron chi connectivity index (χ2n) is 15.7. The number of benzene rings is 6. The van der Waals surface area contributed by atoms with Crippen molar-refractivity contribution in [2.75, 3.05) is 11.4 Å². The maximum Gasteiger partial charge on any atom is 0.101 e. The number of hydrogen-bond acceptors (Lipinski definition) is 4. The van der Waals surface area contributed by atoms with Gasteiger partial charge < -0.3 is 14.8 Å². The second-order valence-corrected chi connectivity index (χ2v) is 15.7. The molecule has 0 bridgehead atoms. The van der Waals surface area contributed by atoms with Gasteiger partial charge in [-0.3, -0.25) is 9.98 Å². The summed E-state index contributed by atoms with van der Waals surface area (Å²) in [5, 5.41) is 5.93. The Kier molecular flexibility index (Phi) is 6.21. The van der Waals surface area contributed by atoms with E-state index < -0.39 is 5.41 Å². The summed E-state index contributed by atoms with van der Waals surface area (Å²) in [6.07, 6.45) is 12.5. The van der Waals surface area contributed by atoms with Gasteiger partial charge in [0.2, 0.25) is 0 Å². The first-order chi connectivity index (χ1) is 28.3. The Morgan fingerprint density at radius 2 is 1.35 bits per heavy atom. The number of nitrogens with one attached hydrogen (secondary N) is 1. The van der Waals surface area contributed by atoms with E-state index in [1.165, 1.54) is 88.8 Å². The summed E-state index contributed by atoms with van der Waals surface area (Å²) >= 11 is 0. The van der Waals surface area contributed by atoms with Gasteiger partial charge >= 0.3 is 0 Å². The molecule has 13 rings (SSSR count). The normalized spacial score (nSPS) is 20.5. The summed E-state index contributed by atoms with van der Waals surface area (Å²) in [4.78, 5) is 12.5. The van der Waals surface area contributed by atoms with Gasteiger partial charge in [0.15, 0.2) is 0 Å². The first kappa shape index (κ1) is 31.0. The Bertz CT molecular complexity index is 3100. The number of dihydropyridines is 2. The molecule has 5 heterocycles. The van der Waals surface area contributed by atoms with Crippen molar-refractivity contribution in [1.29, 1.82) is 0 Å². The lowest BCUT2D eigenvalue weighted by Crippen LogP contribution is -2.37. The van der Waals surface area contributed by atoms with Crippen molar-refractivity contribution >= 4 is 33.7 Å². The fourth-order valence-corrected chi connectivity index (χ4v) is 10.8. The molecule has 0 amide bonds. The highest BCUT2D eigenvalue weighted by atomic mass is 15.2. The Labute approximate surface area is 330 Å². The average Bonchev–Trinajstić information content (AvgIpc) is 3.99. The van der Waals surface area contributed by atoms with Crippen LogP contribution in [0.4, 0.5) is 5.69 Å². The minimum absolute atomic E-state index is 0.137. The molecular formula is C52H35N5. The summed E-state index contributed by atoms with van der Waals surface area (Å²) in [6.45, 7) is 0.807. The van der Waals surface area contributed by atoms with E-state index in [4.69, 9.17) is 9.98 Å². The van der Waals surface area contributed by atoms with Gasteiger partial charge in [0.1, 0.15) is 6.04 Å². The lowest BCUT2D eigenvalue weighted by atomic mass is 9.72. The molecule has 0 saturated carbocycles. The first-order valence-corrected chi connectivity index (χ1v) is 19.9. The van der Waals surface area contributed by atoms with Crippen LogP contribution in [-0.4, -0.2) is 34.4 Å². The molecule has 8 aromatic rings. The fraction of sp³-hybridized carbons (Fsp3) is 0.0769. The monoisotopic (exact) mass is 729 g/mol. The SMILES string of the molecule is C1=CC2C(N=C1)C1=C(CNC=C1)N2c1ccc(-c2ccc(-n3c4ccccc4c4ccc5c(c43)-c3ccccc3C53c4ccccc4-c4cccnc43)cc2)cc1. The van der Waals surface area contributed by atoms with Gasteiger partial charge in [-0.15, -0.1) is 0 Å². The number of pyridine rings is 1. The smallest absolute Gasteiger partial charge is 0.101 e. The summed E-state index contributed by atoms with van der Waals surface area (Å²) in [7, 11) is 0. The minimum atomic E-state index is -0.497. The molecule has 5 aliphatic rings. The quantitative estimate of drug-likeness (QED) is 0.197. The summed E-state index contributed by atoms with van der Waals surface area (Å²) in [6, 6.07) is 54.4. The van der Waals surface area contributed by atoms with Gasteiger partial charge in [-0.25, -0.2) is 0 Å². The lowest BCUT2D eigenvalue weighted by molar-refractivity contribution is 0.700. The predicted molar refractivity (Wildman–Crippen MR) is 232 cm³/mol. The van der Waals surface area contributed by atoms with Crippen LogP contribution in [0.1, 0.15) is 22.4 Å². The third kappa shape index (κ3) is 3.98. The largest absolute Gasteiger partial charge is 0.385 e. The molecule has 3 atom stereocenters. The van der Waals surface area contributed by atoms with E-state index in [1.54, 1.807) is 0 Å². The van der Waals surface area contributed by atoms with Crippen molar-refractivity contribution < 1.29 is 0 Å². The van der Waals surface area contributed by atoms with Crippen LogP contribution in [0.3, 0.4) is 0 Å². The van der Waals surface area contributed by atoms with Crippen LogP contribution >= 0.6 is 0 Å². The van der Waals surface area contributed by atoms with Gasteiger partial charge in [0, 0.05) is 57.0 Å². The Balaban J connectivity index is 0.962. The topological polar surface area (TPSA) is 45.5 Å². The zero-order valence-corrected chi connectivity index (χ0v) is 31.0. The molecule has 0 radical (unpaired) electrons. The molecule has 5 nitrogen and oxygen atoms in total. The van der Waals surface area contributed by atoms with E-state index in [9.17, 15) is 0 Å². The van der Waals surface area contributed by atoms with Gasteiger partial charge in [0.05, 0.1) is 34.7 Å². The van der Waals surface area contributed by atoms with Crippen LogP contribution < -0.4 is 10.2 Å². The minimum Gasteiger partial charge on any atom is -0.385 e. The van der Waals surface area contributed by atoms with E-state index in [-0.39, 0.29) is 12.1 Å². The maximum atomic E-state index is 5.19. The number of anilines is 1. The maximum absolute atomic E-state index is 5.19. The lowest BCUT2D eigenvalue weighted by Gasteiger charge is -2.30. The van der Waals surface area contributed by atoms with E-state index in [0.29, 0.717) is 0 Å². The summed E-state index contributed by atoms with van der Waals surface area (Å²) < 4.78 is 2.49. The summed E-state index contributed by atoms with van der Waals surface area (Å²) in [5.41, 5.74) is 19.3. The van der Waals surface area contributed by atoms with Crippen molar-refractivity contribution in [2.45, 2.75) is 17.5 Å². The molecule has 2 aromatic heterocycles. The van der Waals surface area contributed by atoms with Gasteiger partial charge in [-0.05, 0) is 93.7 Å². The second kappa shape index (κ2) is 11.4. The van der Waals surface area contributed by atoms with E-state index >= 15 is 0 Å². The zero-order valence-electron chi connectivity index (χ0n) is 31.0. The highest BCUT2D eigenvalue weighted by molar-refractivity contribution is 6.16. The number of fused-ring (bicyclic) bond motifs is 16. The third-order valence-corrected chi connectivity index (χ3v) is 13.1. The van der Waals surface area contributed by atoms with Crippen LogP contribution in [0.15, 0.2) is 192 Å². The van der Waals surface area contributed by atoms with Gasteiger partial charge in [-0.2, -0.15) is 0 Å². The number of allylic oxidation sites excluding steroid dienone is 1. The molecule has 3 unspecified atom stereocenters. The standard InChI is InChI=1S/C52H35N5/c1-4-13-42-36(9-1)39-12-7-29-55-51(39)52(42)43-14-5-2-11-40(43)48-44(52)26-25-38-37-10-3-6-15-45(37)57(50(38)48)35-23-19-33(20-24-35)32-17-21-34(22-18-32)56-46-16-8-28-54-49(46)41-27-30-53-31-47(41)56/h1-30,46,49,53H,31H2. The van der Waals surface area contributed by atoms with Crippen LogP contribution in [0.5, 0.6) is 0 Å². The fourth-order valence-electron chi connectivity index (χ4n) is 10.8. The molecule has 2 aliphatic carbocycles. The van der Waals surface area contributed by atoms with Crippen LogP contribution in [0, 0.1) is 0 Å². The van der Waals surface area contributed by atoms with Crippen molar-refractivity contribution in [3.8, 4) is 39.1 Å². The zero-order chi connectivity index (χ0) is 37.2. The van der Waals surface area contributed by atoms with Crippen molar-refractivity contribution in [1.82, 2.24) is 14.9 Å². The number of nitrogens with zero attached hydrogens (tertiary/aromatic N) is 4. The van der Waals surface area contributed by atoms with Crippen molar-refractivity contribution in [3.05, 3.63) is 210 Å². The van der Waals surface area contributed by atoms with Gasteiger partial charge in [0.25, 0.3) is 0 Å². The average molecular weight is 730 g/mol. The Morgan fingerprint density at radius 3 is 2.19 bits per heavy atom. The van der Waals surface area contributed by atoms with Crippen molar-refractivity contribution in [3.63, 3.8) is 0 Å². The number of hydrogen-bond donors (Lipinski definition) is 1. The van der Waals surface area contributed by atoms with E-state index in [0.717, 1.165) is 17.9 Å². The molecule has 1 spiro atoms. The van der Waals surface area contributed by atoms with E-state index in [2.05, 4.69) is 179 Å². The third-order valence-electron chi connectivity index (χ3n) is 13.1. The number of para-hydroxylation sites is 1. The molecule has 0 fully saturated rings.